The number of rotatable bonds is 6. The molecule has 2 aromatic rings. The fourth-order valence-corrected chi connectivity index (χ4v) is 2.68. The van der Waals surface area contributed by atoms with Crippen molar-refractivity contribution in [3.8, 4) is 0 Å². The van der Waals surface area contributed by atoms with E-state index in [2.05, 4.69) is 27.8 Å². The maximum absolute atomic E-state index is 11.8. The third-order valence-corrected chi connectivity index (χ3v) is 4.23. The van der Waals surface area contributed by atoms with Crippen LogP contribution >= 0.6 is 0 Å². The van der Waals surface area contributed by atoms with Crippen LogP contribution < -0.4 is 10.6 Å². The summed E-state index contributed by atoms with van der Waals surface area (Å²) in [6.07, 6.45) is 8.02. The molecule has 0 atom stereocenters. The molecule has 0 spiro atoms. The molecule has 2 amide bonds. The third-order valence-electron chi connectivity index (χ3n) is 4.23. The number of hydrogen-bond acceptors (Lipinski definition) is 3. The molecule has 0 aliphatic heterocycles. The number of amides is 2. The van der Waals surface area contributed by atoms with Crippen LogP contribution in [-0.4, -0.2) is 32.8 Å². The number of urea groups is 1. The molecule has 1 aliphatic rings. The maximum Gasteiger partial charge on any atom is 0.315 e. The van der Waals surface area contributed by atoms with Gasteiger partial charge >= 0.3 is 6.03 Å². The third kappa shape index (κ3) is 4.32. The highest BCUT2D eigenvalue weighted by molar-refractivity contribution is 5.73. The normalized spacial score (nSPS) is 15.7. The Hall–Kier alpha value is -2.34. The molecule has 122 valence electrons. The van der Waals surface area contributed by atoms with Gasteiger partial charge in [-0.1, -0.05) is 24.3 Å². The highest BCUT2D eigenvalue weighted by Crippen LogP contribution is 2.30. The van der Waals surface area contributed by atoms with Crippen molar-refractivity contribution in [3.05, 3.63) is 54.1 Å². The number of carbonyl (C=O) groups excluding carboxylic acids is 1. The van der Waals surface area contributed by atoms with Gasteiger partial charge < -0.3 is 20.3 Å². The molecule has 3 rings (SSSR count). The average molecular weight is 314 g/mol. The van der Waals surface area contributed by atoms with Crippen molar-refractivity contribution in [2.75, 3.05) is 6.54 Å². The molecule has 0 bridgehead atoms. The van der Waals surface area contributed by atoms with Gasteiger partial charge in [-0.2, -0.15) is 0 Å². The minimum atomic E-state index is -0.692. The molecule has 0 unspecified atom stereocenters. The summed E-state index contributed by atoms with van der Waals surface area (Å²) in [5.74, 6) is 0. The molecule has 23 heavy (non-hydrogen) atoms. The van der Waals surface area contributed by atoms with Crippen LogP contribution in [-0.2, 0) is 13.1 Å². The first-order chi connectivity index (χ1) is 11.1. The fourth-order valence-electron chi connectivity index (χ4n) is 2.68. The van der Waals surface area contributed by atoms with Gasteiger partial charge in [-0.25, -0.2) is 9.78 Å². The van der Waals surface area contributed by atoms with Gasteiger partial charge in [-0.05, 0) is 30.4 Å². The predicted molar refractivity (Wildman–Crippen MR) is 86.8 cm³/mol. The Morgan fingerprint density at radius 2 is 2.13 bits per heavy atom. The number of aromatic nitrogens is 2. The van der Waals surface area contributed by atoms with Gasteiger partial charge in [0.1, 0.15) is 0 Å². The maximum atomic E-state index is 11.8. The van der Waals surface area contributed by atoms with Crippen LogP contribution in [0, 0.1) is 0 Å². The Balaban J connectivity index is 1.47. The summed E-state index contributed by atoms with van der Waals surface area (Å²) in [5.41, 5.74) is 1.51. The van der Waals surface area contributed by atoms with E-state index in [4.69, 9.17) is 0 Å². The number of benzene rings is 1. The molecular formula is C17H22N4O2. The van der Waals surface area contributed by atoms with Gasteiger partial charge in [0.2, 0.25) is 0 Å². The minimum absolute atomic E-state index is 0.245. The number of imidazole rings is 1. The summed E-state index contributed by atoms with van der Waals surface area (Å²) in [6.45, 7) is 1.54. The average Bonchev–Trinajstić information content (AvgIpc) is 3.02. The van der Waals surface area contributed by atoms with Crippen LogP contribution in [0.1, 0.15) is 30.4 Å². The zero-order valence-electron chi connectivity index (χ0n) is 13.0. The Labute approximate surface area is 135 Å². The first kappa shape index (κ1) is 15.6. The number of nitrogens with one attached hydrogen (secondary N) is 2. The number of hydrogen-bond donors (Lipinski definition) is 3. The van der Waals surface area contributed by atoms with Crippen molar-refractivity contribution in [1.82, 2.24) is 20.2 Å². The molecule has 3 N–H and O–H groups in total. The monoisotopic (exact) mass is 314 g/mol. The molecule has 1 aliphatic carbocycles. The molecule has 6 nitrogen and oxygen atoms in total. The lowest BCUT2D eigenvalue weighted by atomic mass is 9.80. The summed E-state index contributed by atoms with van der Waals surface area (Å²) >= 11 is 0. The van der Waals surface area contributed by atoms with Crippen LogP contribution in [0.25, 0.3) is 0 Å². The molecule has 1 heterocycles. The summed E-state index contributed by atoms with van der Waals surface area (Å²) in [7, 11) is 0. The van der Waals surface area contributed by atoms with Crippen molar-refractivity contribution in [1.29, 1.82) is 0 Å². The molecule has 1 aromatic heterocycles. The summed E-state index contributed by atoms with van der Waals surface area (Å²) in [6, 6.07) is 7.84. The van der Waals surface area contributed by atoms with E-state index in [1.165, 1.54) is 0 Å². The standard InChI is InChI=1S/C17H22N4O2/c22-16(20-12-17(23)5-2-6-17)19-10-14-3-1-4-15(9-14)11-21-8-7-18-13-21/h1,3-4,7-9,13,23H,2,5-6,10-12H2,(H2,19,20,22). The molecule has 1 saturated carbocycles. The quantitative estimate of drug-likeness (QED) is 0.758. The van der Waals surface area contributed by atoms with Gasteiger partial charge in [-0.3, -0.25) is 0 Å². The SMILES string of the molecule is O=C(NCc1cccc(Cn2ccnc2)c1)NCC1(O)CCC1. The minimum Gasteiger partial charge on any atom is -0.388 e. The zero-order valence-corrected chi connectivity index (χ0v) is 13.0. The van der Waals surface area contributed by atoms with Crippen molar-refractivity contribution in [2.45, 2.75) is 38.0 Å². The van der Waals surface area contributed by atoms with Gasteiger partial charge in [0.05, 0.1) is 11.9 Å². The number of carbonyl (C=O) groups is 1. The predicted octanol–water partition coefficient (Wildman–Crippen LogP) is 1.65. The van der Waals surface area contributed by atoms with E-state index in [0.29, 0.717) is 13.1 Å². The van der Waals surface area contributed by atoms with Crippen molar-refractivity contribution in [3.63, 3.8) is 0 Å². The largest absolute Gasteiger partial charge is 0.388 e. The van der Waals surface area contributed by atoms with Gasteiger partial charge in [0.15, 0.2) is 0 Å². The zero-order chi connectivity index (χ0) is 16.1. The smallest absolute Gasteiger partial charge is 0.315 e. The van der Waals surface area contributed by atoms with Crippen molar-refractivity contribution in [2.24, 2.45) is 0 Å². The van der Waals surface area contributed by atoms with E-state index in [1.807, 2.05) is 22.9 Å². The first-order valence-corrected chi connectivity index (χ1v) is 7.91. The van der Waals surface area contributed by atoms with Crippen LogP contribution in [0.5, 0.6) is 0 Å². The Kier molecular flexibility index (Phi) is 4.62. The summed E-state index contributed by atoms with van der Waals surface area (Å²) in [5, 5.41) is 15.5. The highest BCUT2D eigenvalue weighted by Gasteiger charge is 2.34. The number of aliphatic hydroxyl groups is 1. The summed E-state index contributed by atoms with van der Waals surface area (Å²) in [4.78, 5) is 15.8. The van der Waals surface area contributed by atoms with Gasteiger partial charge in [0.25, 0.3) is 0 Å². The van der Waals surface area contributed by atoms with Gasteiger partial charge in [0, 0.05) is 32.0 Å². The lowest BCUT2D eigenvalue weighted by Gasteiger charge is -2.36. The Morgan fingerprint density at radius 3 is 2.83 bits per heavy atom. The fraction of sp³-hybridized carbons (Fsp3) is 0.412. The Morgan fingerprint density at radius 1 is 1.30 bits per heavy atom. The molecular weight excluding hydrogens is 292 g/mol. The van der Waals surface area contributed by atoms with Crippen LogP contribution in [0.15, 0.2) is 43.0 Å². The second-order valence-corrected chi connectivity index (χ2v) is 6.17. The van der Waals surface area contributed by atoms with Crippen LogP contribution in [0.4, 0.5) is 4.79 Å². The highest BCUT2D eigenvalue weighted by atomic mass is 16.3. The molecule has 0 radical (unpaired) electrons. The van der Waals surface area contributed by atoms with E-state index in [-0.39, 0.29) is 6.03 Å². The lowest BCUT2D eigenvalue weighted by molar-refractivity contribution is -0.0290. The molecule has 1 fully saturated rings. The number of nitrogens with zero attached hydrogens (tertiary/aromatic N) is 2. The van der Waals surface area contributed by atoms with Crippen LogP contribution in [0.3, 0.4) is 0 Å². The van der Waals surface area contributed by atoms with Crippen molar-refractivity contribution >= 4 is 6.03 Å². The topological polar surface area (TPSA) is 79.2 Å². The van der Waals surface area contributed by atoms with E-state index in [1.54, 1.807) is 12.5 Å². The second kappa shape index (κ2) is 6.83. The molecule has 0 saturated heterocycles. The van der Waals surface area contributed by atoms with E-state index in [9.17, 15) is 9.90 Å². The van der Waals surface area contributed by atoms with Crippen molar-refractivity contribution < 1.29 is 9.90 Å². The molecule has 6 heteroatoms. The van der Waals surface area contributed by atoms with Crippen LogP contribution in [0.2, 0.25) is 0 Å². The lowest BCUT2D eigenvalue weighted by Crippen LogP contribution is -2.49. The molecule has 1 aromatic carbocycles. The van der Waals surface area contributed by atoms with Gasteiger partial charge in [-0.15, -0.1) is 0 Å². The first-order valence-electron chi connectivity index (χ1n) is 7.91. The summed E-state index contributed by atoms with van der Waals surface area (Å²) < 4.78 is 2.00. The van der Waals surface area contributed by atoms with E-state index < -0.39 is 5.60 Å². The van der Waals surface area contributed by atoms with E-state index in [0.717, 1.165) is 36.9 Å². The second-order valence-electron chi connectivity index (χ2n) is 6.17. The Bertz CT molecular complexity index is 650. The van der Waals surface area contributed by atoms with E-state index >= 15 is 0 Å².